The van der Waals surface area contributed by atoms with E-state index in [4.69, 9.17) is 4.74 Å². The third-order valence-corrected chi connectivity index (χ3v) is 4.07. The second kappa shape index (κ2) is 5.75. The molecule has 2 heterocycles. The second-order valence-electron chi connectivity index (χ2n) is 4.38. The van der Waals surface area contributed by atoms with E-state index in [1.54, 1.807) is 11.3 Å². The van der Waals surface area contributed by atoms with Crippen LogP contribution in [0, 0.1) is 12.8 Å². The van der Waals surface area contributed by atoms with Crippen molar-refractivity contribution in [2.45, 2.75) is 39.3 Å². The van der Waals surface area contributed by atoms with Gasteiger partial charge in [-0.25, -0.2) is 4.98 Å². The molecule has 1 aromatic rings. The Morgan fingerprint density at radius 1 is 1.69 bits per heavy atom. The van der Waals surface area contributed by atoms with Crippen LogP contribution in [0.5, 0.6) is 0 Å². The fraction of sp³-hybridized carbons (Fsp3) is 0.750. The van der Waals surface area contributed by atoms with E-state index in [-0.39, 0.29) is 0 Å². The summed E-state index contributed by atoms with van der Waals surface area (Å²) in [5, 5.41) is 4.80. The zero-order valence-corrected chi connectivity index (χ0v) is 10.8. The summed E-state index contributed by atoms with van der Waals surface area (Å²) in [5.74, 6) is 0.686. The Kier molecular flexibility index (Phi) is 4.32. The molecule has 1 N–H and O–H groups in total. The molecule has 2 rings (SSSR count). The number of aryl methyl sites for hydroxylation is 1. The van der Waals surface area contributed by atoms with Gasteiger partial charge in [-0.15, -0.1) is 11.3 Å². The molecule has 1 aromatic heterocycles. The Hall–Kier alpha value is -0.450. The van der Waals surface area contributed by atoms with Gasteiger partial charge in [-0.05, 0) is 25.7 Å². The highest BCUT2D eigenvalue weighted by molar-refractivity contribution is 7.11. The van der Waals surface area contributed by atoms with E-state index < -0.39 is 0 Å². The molecule has 1 aliphatic rings. The van der Waals surface area contributed by atoms with Crippen LogP contribution in [0.2, 0.25) is 0 Å². The standard InChI is InChI=1S/C12H20N2OS/c1-3-11(10-4-5-15-8-10)13-7-12-14-6-9(2)16-12/h6,10-11,13H,3-5,7-8H2,1-2H3. The highest BCUT2D eigenvalue weighted by atomic mass is 32.1. The maximum atomic E-state index is 5.44. The van der Waals surface area contributed by atoms with E-state index >= 15 is 0 Å². The molecule has 1 fully saturated rings. The van der Waals surface area contributed by atoms with Crippen LogP contribution in [0.1, 0.15) is 29.7 Å². The first-order valence-electron chi connectivity index (χ1n) is 6.02. The van der Waals surface area contributed by atoms with Gasteiger partial charge in [0.1, 0.15) is 5.01 Å². The predicted octanol–water partition coefficient (Wildman–Crippen LogP) is 2.36. The summed E-state index contributed by atoms with van der Waals surface area (Å²) in [4.78, 5) is 5.66. The first-order valence-corrected chi connectivity index (χ1v) is 6.83. The number of thiazole rings is 1. The lowest BCUT2D eigenvalue weighted by molar-refractivity contribution is 0.175. The van der Waals surface area contributed by atoms with Gasteiger partial charge in [-0.3, -0.25) is 0 Å². The zero-order chi connectivity index (χ0) is 11.4. The van der Waals surface area contributed by atoms with Gasteiger partial charge in [0.2, 0.25) is 0 Å². The van der Waals surface area contributed by atoms with E-state index in [9.17, 15) is 0 Å². The normalized spacial score (nSPS) is 22.5. The maximum absolute atomic E-state index is 5.44. The summed E-state index contributed by atoms with van der Waals surface area (Å²) in [6, 6.07) is 0.576. The highest BCUT2D eigenvalue weighted by Crippen LogP contribution is 2.19. The quantitative estimate of drug-likeness (QED) is 0.858. The van der Waals surface area contributed by atoms with Crippen LogP contribution in [0.15, 0.2) is 6.20 Å². The lowest BCUT2D eigenvalue weighted by atomic mass is 9.97. The lowest BCUT2D eigenvalue weighted by Gasteiger charge is -2.21. The largest absolute Gasteiger partial charge is 0.381 e. The summed E-state index contributed by atoms with van der Waals surface area (Å²) in [7, 11) is 0. The third kappa shape index (κ3) is 3.03. The van der Waals surface area contributed by atoms with Crippen LogP contribution in [-0.2, 0) is 11.3 Å². The molecular weight excluding hydrogens is 220 g/mol. The average Bonchev–Trinajstić information content (AvgIpc) is 2.91. The molecular formula is C12H20N2OS. The van der Waals surface area contributed by atoms with Gasteiger partial charge in [0.05, 0.1) is 6.61 Å². The summed E-state index contributed by atoms with van der Waals surface area (Å²) >= 11 is 1.78. The molecule has 0 radical (unpaired) electrons. The Balaban J connectivity index is 1.82. The van der Waals surface area contributed by atoms with Gasteiger partial charge in [-0.1, -0.05) is 6.92 Å². The molecule has 0 bridgehead atoms. The zero-order valence-electron chi connectivity index (χ0n) is 10.0. The van der Waals surface area contributed by atoms with Gasteiger partial charge in [0, 0.05) is 30.3 Å². The van der Waals surface area contributed by atoms with Gasteiger partial charge in [-0.2, -0.15) is 0 Å². The van der Waals surface area contributed by atoms with E-state index in [2.05, 4.69) is 24.1 Å². The minimum Gasteiger partial charge on any atom is -0.381 e. The monoisotopic (exact) mass is 240 g/mol. The molecule has 4 heteroatoms. The minimum atomic E-state index is 0.576. The van der Waals surface area contributed by atoms with Crippen molar-refractivity contribution in [3.63, 3.8) is 0 Å². The van der Waals surface area contributed by atoms with Crippen molar-refractivity contribution in [2.24, 2.45) is 5.92 Å². The van der Waals surface area contributed by atoms with Crippen LogP contribution >= 0.6 is 11.3 Å². The van der Waals surface area contributed by atoms with E-state index in [1.807, 2.05) is 6.20 Å². The first kappa shape index (κ1) is 12.0. The van der Waals surface area contributed by atoms with Crippen molar-refractivity contribution in [1.29, 1.82) is 0 Å². The Morgan fingerprint density at radius 2 is 2.56 bits per heavy atom. The average molecular weight is 240 g/mol. The lowest BCUT2D eigenvalue weighted by Crippen LogP contribution is -2.35. The number of hydrogen-bond acceptors (Lipinski definition) is 4. The first-order chi connectivity index (χ1) is 7.79. The molecule has 0 amide bonds. The number of aromatic nitrogens is 1. The van der Waals surface area contributed by atoms with Crippen molar-refractivity contribution >= 4 is 11.3 Å². The number of ether oxygens (including phenoxy) is 1. The number of rotatable bonds is 5. The molecule has 1 saturated heterocycles. The Bertz CT molecular complexity index is 321. The van der Waals surface area contributed by atoms with E-state index in [0.29, 0.717) is 12.0 Å². The molecule has 0 aliphatic carbocycles. The highest BCUT2D eigenvalue weighted by Gasteiger charge is 2.23. The van der Waals surface area contributed by atoms with Crippen molar-refractivity contribution in [3.8, 4) is 0 Å². The SMILES string of the molecule is CCC(NCc1ncc(C)s1)C1CCOC1. The minimum absolute atomic E-state index is 0.576. The van der Waals surface area contributed by atoms with Crippen molar-refractivity contribution < 1.29 is 4.74 Å². The molecule has 0 aromatic carbocycles. The molecule has 2 atom stereocenters. The van der Waals surface area contributed by atoms with Crippen LogP contribution in [0.4, 0.5) is 0 Å². The van der Waals surface area contributed by atoms with E-state index in [0.717, 1.165) is 19.8 Å². The molecule has 90 valence electrons. The third-order valence-electron chi connectivity index (χ3n) is 3.16. The van der Waals surface area contributed by atoms with Crippen LogP contribution in [0.25, 0.3) is 0 Å². The number of nitrogens with zero attached hydrogens (tertiary/aromatic N) is 1. The molecule has 1 aliphatic heterocycles. The molecule has 16 heavy (non-hydrogen) atoms. The van der Waals surface area contributed by atoms with Gasteiger partial charge < -0.3 is 10.1 Å². The topological polar surface area (TPSA) is 34.2 Å². The maximum Gasteiger partial charge on any atom is 0.107 e. The van der Waals surface area contributed by atoms with Crippen molar-refractivity contribution in [1.82, 2.24) is 10.3 Å². The van der Waals surface area contributed by atoms with Gasteiger partial charge in [0.25, 0.3) is 0 Å². The molecule has 2 unspecified atom stereocenters. The molecule has 0 spiro atoms. The summed E-state index contributed by atoms with van der Waals surface area (Å²) < 4.78 is 5.44. The van der Waals surface area contributed by atoms with Crippen molar-refractivity contribution in [2.75, 3.05) is 13.2 Å². The van der Waals surface area contributed by atoms with Crippen LogP contribution in [0.3, 0.4) is 0 Å². The fourth-order valence-corrected chi connectivity index (χ4v) is 2.95. The summed E-state index contributed by atoms with van der Waals surface area (Å²) in [5.41, 5.74) is 0. The fourth-order valence-electron chi connectivity index (χ4n) is 2.22. The van der Waals surface area contributed by atoms with Crippen LogP contribution in [-0.4, -0.2) is 24.2 Å². The van der Waals surface area contributed by atoms with Crippen molar-refractivity contribution in [3.05, 3.63) is 16.1 Å². The molecule has 0 saturated carbocycles. The van der Waals surface area contributed by atoms with Gasteiger partial charge >= 0.3 is 0 Å². The number of hydrogen-bond donors (Lipinski definition) is 1. The number of nitrogens with one attached hydrogen (secondary N) is 1. The Labute approximate surface area is 101 Å². The Morgan fingerprint density at radius 3 is 3.12 bits per heavy atom. The van der Waals surface area contributed by atoms with E-state index in [1.165, 1.54) is 22.7 Å². The summed E-state index contributed by atoms with van der Waals surface area (Å²) in [6.07, 6.45) is 4.31. The predicted molar refractivity (Wildman–Crippen MR) is 66.7 cm³/mol. The summed E-state index contributed by atoms with van der Waals surface area (Å²) in [6.45, 7) is 7.08. The second-order valence-corrected chi connectivity index (χ2v) is 5.70. The van der Waals surface area contributed by atoms with Gasteiger partial charge in [0.15, 0.2) is 0 Å². The van der Waals surface area contributed by atoms with Crippen LogP contribution < -0.4 is 5.32 Å². The molecule has 3 nitrogen and oxygen atoms in total. The smallest absolute Gasteiger partial charge is 0.107 e.